The fourth-order valence-corrected chi connectivity index (χ4v) is 2.14. The topological polar surface area (TPSA) is 44.4 Å². The highest BCUT2D eigenvalue weighted by molar-refractivity contribution is 7.98. The average Bonchev–Trinajstić information content (AvgIpc) is 2.33. The van der Waals surface area contributed by atoms with Crippen LogP contribution in [-0.4, -0.2) is 62.1 Å². The van der Waals surface area contributed by atoms with Gasteiger partial charge in [0.15, 0.2) is 0 Å². The Morgan fingerprint density at radius 2 is 2.19 bits per heavy atom. The van der Waals surface area contributed by atoms with Gasteiger partial charge in [-0.15, -0.1) is 0 Å². The van der Waals surface area contributed by atoms with E-state index in [-0.39, 0.29) is 5.91 Å². The van der Waals surface area contributed by atoms with E-state index in [1.54, 1.807) is 11.8 Å². The first-order valence-corrected chi connectivity index (χ1v) is 7.41. The summed E-state index contributed by atoms with van der Waals surface area (Å²) in [7, 11) is 0. The van der Waals surface area contributed by atoms with Crippen molar-refractivity contribution >= 4 is 17.7 Å². The predicted octanol–water partition coefficient (Wildman–Crippen LogP) is 0.151. The molecule has 0 atom stereocenters. The number of carbonyl (C=O) groups excluding carboxylic acids is 1. The van der Waals surface area contributed by atoms with Crippen LogP contribution in [-0.2, 0) is 4.79 Å². The predicted molar refractivity (Wildman–Crippen MR) is 69.9 cm³/mol. The van der Waals surface area contributed by atoms with E-state index in [4.69, 9.17) is 0 Å². The van der Waals surface area contributed by atoms with E-state index in [0.717, 1.165) is 51.4 Å². The monoisotopic (exact) mass is 245 g/mol. The third-order valence-electron chi connectivity index (χ3n) is 2.72. The molecular formula is C11H23N3OS. The Labute approximate surface area is 103 Å². The average molecular weight is 245 g/mol. The molecule has 94 valence electrons. The summed E-state index contributed by atoms with van der Waals surface area (Å²) in [4.78, 5) is 13.8. The van der Waals surface area contributed by atoms with Gasteiger partial charge in [-0.1, -0.05) is 0 Å². The summed E-state index contributed by atoms with van der Waals surface area (Å²) in [5.74, 6) is 1.11. The van der Waals surface area contributed by atoms with Crippen molar-refractivity contribution in [2.24, 2.45) is 0 Å². The number of piperazine rings is 1. The Bertz CT molecular complexity index is 196. The highest BCUT2D eigenvalue weighted by Gasteiger charge is 2.08. The lowest BCUT2D eigenvalue weighted by Gasteiger charge is -2.27. The molecule has 1 amide bonds. The molecule has 0 radical (unpaired) electrons. The van der Waals surface area contributed by atoms with Gasteiger partial charge in [-0.3, -0.25) is 4.79 Å². The van der Waals surface area contributed by atoms with Gasteiger partial charge in [0, 0.05) is 44.9 Å². The lowest BCUT2D eigenvalue weighted by atomic mass is 10.3. The molecular weight excluding hydrogens is 222 g/mol. The van der Waals surface area contributed by atoms with Crippen LogP contribution in [0.5, 0.6) is 0 Å². The summed E-state index contributed by atoms with van der Waals surface area (Å²) >= 11 is 1.72. The van der Waals surface area contributed by atoms with E-state index in [2.05, 4.69) is 15.5 Å². The van der Waals surface area contributed by atoms with Crippen molar-refractivity contribution in [3.05, 3.63) is 0 Å². The third-order valence-corrected chi connectivity index (χ3v) is 3.33. The fraction of sp³-hybridized carbons (Fsp3) is 0.909. The number of amides is 1. The van der Waals surface area contributed by atoms with E-state index in [1.807, 2.05) is 6.26 Å². The first-order chi connectivity index (χ1) is 7.83. The molecule has 0 saturated carbocycles. The number of rotatable bonds is 7. The number of hydrogen-bond donors (Lipinski definition) is 2. The molecule has 1 heterocycles. The molecule has 0 aromatic heterocycles. The molecule has 0 aromatic carbocycles. The highest BCUT2D eigenvalue weighted by Crippen LogP contribution is 1.96. The molecule has 1 saturated heterocycles. The van der Waals surface area contributed by atoms with Crippen molar-refractivity contribution in [2.45, 2.75) is 12.8 Å². The second-order valence-corrected chi connectivity index (χ2v) is 5.02. The minimum atomic E-state index is 0.190. The molecule has 1 aliphatic heterocycles. The number of nitrogens with one attached hydrogen (secondary N) is 2. The smallest absolute Gasteiger partial charge is 0.220 e. The standard InChI is InChI=1S/C11H23N3OS/c1-16-10-3-11(15)13-4-2-7-14-8-5-12-6-9-14/h12H,2-10H2,1H3,(H,13,15). The summed E-state index contributed by atoms with van der Waals surface area (Å²) in [6, 6.07) is 0. The Hall–Kier alpha value is -0.260. The maximum absolute atomic E-state index is 11.3. The summed E-state index contributed by atoms with van der Waals surface area (Å²) in [5, 5.41) is 6.30. The zero-order valence-electron chi connectivity index (χ0n) is 10.1. The molecule has 0 unspecified atom stereocenters. The van der Waals surface area contributed by atoms with Crippen molar-refractivity contribution in [3.8, 4) is 0 Å². The van der Waals surface area contributed by atoms with E-state index >= 15 is 0 Å². The second-order valence-electron chi connectivity index (χ2n) is 4.04. The second kappa shape index (κ2) is 8.84. The lowest BCUT2D eigenvalue weighted by Crippen LogP contribution is -2.44. The Morgan fingerprint density at radius 3 is 2.88 bits per heavy atom. The Morgan fingerprint density at radius 1 is 1.44 bits per heavy atom. The van der Waals surface area contributed by atoms with E-state index in [1.165, 1.54) is 0 Å². The minimum Gasteiger partial charge on any atom is -0.356 e. The van der Waals surface area contributed by atoms with Crippen LogP contribution >= 0.6 is 11.8 Å². The largest absolute Gasteiger partial charge is 0.356 e. The Kier molecular flexibility index (Phi) is 7.63. The first kappa shape index (κ1) is 13.8. The van der Waals surface area contributed by atoms with Crippen molar-refractivity contribution in [1.29, 1.82) is 0 Å². The van der Waals surface area contributed by atoms with E-state index in [9.17, 15) is 4.79 Å². The van der Waals surface area contributed by atoms with Crippen LogP contribution in [0, 0.1) is 0 Å². The summed E-state index contributed by atoms with van der Waals surface area (Å²) in [5.41, 5.74) is 0. The van der Waals surface area contributed by atoms with Gasteiger partial charge in [0.25, 0.3) is 0 Å². The molecule has 16 heavy (non-hydrogen) atoms. The molecule has 1 aliphatic rings. The number of carbonyl (C=O) groups is 1. The molecule has 0 bridgehead atoms. The molecule has 0 spiro atoms. The van der Waals surface area contributed by atoms with Gasteiger partial charge in [-0.25, -0.2) is 0 Å². The van der Waals surface area contributed by atoms with Crippen LogP contribution in [0.3, 0.4) is 0 Å². The molecule has 0 aromatic rings. The molecule has 1 fully saturated rings. The van der Waals surface area contributed by atoms with Crippen molar-refractivity contribution < 1.29 is 4.79 Å². The maximum Gasteiger partial charge on any atom is 0.220 e. The number of hydrogen-bond acceptors (Lipinski definition) is 4. The van der Waals surface area contributed by atoms with Crippen molar-refractivity contribution in [2.75, 3.05) is 51.3 Å². The first-order valence-electron chi connectivity index (χ1n) is 6.01. The maximum atomic E-state index is 11.3. The van der Waals surface area contributed by atoms with Gasteiger partial charge in [-0.05, 0) is 19.2 Å². The molecule has 5 heteroatoms. The highest BCUT2D eigenvalue weighted by atomic mass is 32.2. The molecule has 1 rings (SSSR count). The van der Waals surface area contributed by atoms with Crippen LogP contribution in [0.4, 0.5) is 0 Å². The molecule has 4 nitrogen and oxygen atoms in total. The van der Waals surface area contributed by atoms with Crippen LogP contribution in [0.25, 0.3) is 0 Å². The zero-order chi connectivity index (χ0) is 11.6. The Balaban J connectivity index is 1.92. The minimum absolute atomic E-state index is 0.190. The van der Waals surface area contributed by atoms with Crippen LogP contribution in [0.15, 0.2) is 0 Å². The fourth-order valence-electron chi connectivity index (χ4n) is 1.75. The summed E-state index contributed by atoms with van der Waals surface area (Å²) < 4.78 is 0. The lowest BCUT2D eigenvalue weighted by molar-refractivity contribution is -0.120. The van der Waals surface area contributed by atoms with Crippen LogP contribution in [0.1, 0.15) is 12.8 Å². The van der Waals surface area contributed by atoms with Gasteiger partial charge in [0.05, 0.1) is 0 Å². The van der Waals surface area contributed by atoms with Crippen molar-refractivity contribution in [3.63, 3.8) is 0 Å². The number of thioether (sulfide) groups is 1. The quantitative estimate of drug-likeness (QED) is 0.627. The normalized spacial score (nSPS) is 17.3. The third kappa shape index (κ3) is 6.35. The van der Waals surface area contributed by atoms with Gasteiger partial charge in [-0.2, -0.15) is 11.8 Å². The van der Waals surface area contributed by atoms with Crippen LogP contribution in [0.2, 0.25) is 0 Å². The van der Waals surface area contributed by atoms with E-state index in [0.29, 0.717) is 6.42 Å². The SMILES string of the molecule is CSCCC(=O)NCCCN1CCNCC1. The van der Waals surface area contributed by atoms with Crippen LogP contribution < -0.4 is 10.6 Å². The van der Waals surface area contributed by atoms with Gasteiger partial charge >= 0.3 is 0 Å². The zero-order valence-corrected chi connectivity index (χ0v) is 10.9. The number of nitrogens with zero attached hydrogens (tertiary/aromatic N) is 1. The van der Waals surface area contributed by atoms with Gasteiger partial charge in [0.2, 0.25) is 5.91 Å². The molecule has 2 N–H and O–H groups in total. The summed E-state index contributed by atoms with van der Waals surface area (Å²) in [6.45, 7) is 6.39. The summed E-state index contributed by atoms with van der Waals surface area (Å²) in [6.07, 6.45) is 3.73. The van der Waals surface area contributed by atoms with Crippen molar-refractivity contribution in [1.82, 2.24) is 15.5 Å². The molecule has 0 aliphatic carbocycles. The van der Waals surface area contributed by atoms with E-state index < -0.39 is 0 Å². The van der Waals surface area contributed by atoms with Gasteiger partial charge < -0.3 is 15.5 Å². The van der Waals surface area contributed by atoms with Gasteiger partial charge in [0.1, 0.15) is 0 Å².